The van der Waals surface area contributed by atoms with E-state index in [0.717, 1.165) is 0 Å². The van der Waals surface area contributed by atoms with Crippen LogP contribution >= 0.6 is 11.6 Å². The molecule has 2 aromatic rings. The third-order valence-electron chi connectivity index (χ3n) is 4.58. The molecule has 0 bridgehead atoms. The Labute approximate surface area is 175 Å². The highest BCUT2D eigenvalue weighted by atomic mass is 35.5. The lowest BCUT2D eigenvalue weighted by atomic mass is 10.1. The Bertz CT molecular complexity index is 1030. The smallest absolute Gasteiger partial charge is 0.273 e. The zero-order chi connectivity index (χ0) is 21.8. The van der Waals surface area contributed by atoms with Crippen molar-refractivity contribution in [3.63, 3.8) is 0 Å². The predicted molar refractivity (Wildman–Crippen MR) is 107 cm³/mol. The SMILES string of the molecule is COc1cc([N+](=O)[O-])ccc1N1C[C@H](C(=O)NNC(=O)c2ccccc2Cl)CC1=O. The maximum Gasteiger partial charge on any atom is 0.273 e. The number of hydrogen-bond donors (Lipinski definition) is 2. The van der Waals surface area contributed by atoms with Crippen molar-refractivity contribution in [2.24, 2.45) is 5.92 Å². The quantitative estimate of drug-likeness (QED) is 0.549. The van der Waals surface area contributed by atoms with Gasteiger partial charge in [-0.3, -0.25) is 35.3 Å². The summed E-state index contributed by atoms with van der Waals surface area (Å²) >= 11 is 5.95. The summed E-state index contributed by atoms with van der Waals surface area (Å²) < 4.78 is 5.16. The van der Waals surface area contributed by atoms with Gasteiger partial charge in [-0.1, -0.05) is 23.7 Å². The first-order valence-electron chi connectivity index (χ1n) is 8.79. The van der Waals surface area contributed by atoms with Gasteiger partial charge in [0.25, 0.3) is 11.6 Å². The summed E-state index contributed by atoms with van der Waals surface area (Å²) in [6, 6.07) is 10.2. The van der Waals surface area contributed by atoms with E-state index in [4.69, 9.17) is 16.3 Å². The van der Waals surface area contributed by atoms with E-state index < -0.39 is 22.7 Å². The monoisotopic (exact) mass is 432 g/mol. The van der Waals surface area contributed by atoms with Gasteiger partial charge in [-0.2, -0.15) is 0 Å². The fourth-order valence-electron chi connectivity index (χ4n) is 3.05. The number of hydrogen-bond acceptors (Lipinski definition) is 6. The molecule has 156 valence electrons. The van der Waals surface area contributed by atoms with Gasteiger partial charge in [0.15, 0.2) is 0 Å². The number of ether oxygens (including phenoxy) is 1. The van der Waals surface area contributed by atoms with Crippen molar-refractivity contribution in [2.45, 2.75) is 6.42 Å². The summed E-state index contributed by atoms with van der Waals surface area (Å²) in [4.78, 5) is 48.7. The van der Waals surface area contributed by atoms with E-state index in [1.807, 2.05) is 0 Å². The summed E-state index contributed by atoms with van der Waals surface area (Å²) in [5.41, 5.74) is 4.91. The minimum absolute atomic E-state index is 0.0286. The second kappa shape index (κ2) is 8.78. The van der Waals surface area contributed by atoms with Crippen molar-refractivity contribution < 1.29 is 24.0 Å². The van der Waals surface area contributed by atoms with E-state index in [1.54, 1.807) is 18.2 Å². The fourth-order valence-corrected chi connectivity index (χ4v) is 3.27. The Hall–Kier alpha value is -3.66. The van der Waals surface area contributed by atoms with Crippen LogP contribution in [0.2, 0.25) is 5.02 Å². The van der Waals surface area contributed by atoms with Crippen LogP contribution < -0.4 is 20.5 Å². The Morgan fingerprint density at radius 2 is 1.97 bits per heavy atom. The molecule has 1 aliphatic rings. The highest BCUT2D eigenvalue weighted by molar-refractivity contribution is 6.33. The molecule has 1 saturated heterocycles. The number of nitro benzene ring substituents is 1. The highest BCUT2D eigenvalue weighted by Crippen LogP contribution is 2.35. The standard InChI is InChI=1S/C19H17ClN4O6/c1-30-16-9-12(24(28)29)6-7-15(16)23-10-11(8-17(23)25)18(26)21-22-19(27)13-4-2-3-5-14(13)20/h2-7,9,11H,8,10H2,1H3,(H,21,26)(H,22,27)/t11-/m1/s1. The first kappa shape index (κ1) is 21.1. The van der Waals surface area contributed by atoms with Crippen LogP contribution in [-0.4, -0.2) is 36.3 Å². The van der Waals surface area contributed by atoms with Crippen LogP contribution in [0, 0.1) is 16.0 Å². The Morgan fingerprint density at radius 1 is 1.23 bits per heavy atom. The van der Waals surface area contributed by atoms with Crippen LogP contribution in [0.25, 0.3) is 0 Å². The van der Waals surface area contributed by atoms with Crippen molar-refractivity contribution in [1.29, 1.82) is 0 Å². The molecule has 0 unspecified atom stereocenters. The van der Waals surface area contributed by atoms with Gasteiger partial charge in [0.1, 0.15) is 5.75 Å². The lowest BCUT2D eigenvalue weighted by Gasteiger charge is -2.19. The normalized spacial score (nSPS) is 15.6. The van der Waals surface area contributed by atoms with Gasteiger partial charge in [0.05, 0.1) is 40.3 Å². The number of carbonyl (C=O) groups excluding carboxylic acids is 3. The molecule has 2 N–H and O–H groups in total. The molecule has 1 fully saturated rings. The molecule has 3 rings (SSSR count). The van der Waals surface area contributed by atoms with Crippen LogP contribution in [0.3, 0.4) is 0 Å². The number of hydrazine groups is 1. The minimum Gasteiger partial charge on any atom is -0.494 e. The molecule has 0 spiro atoms. The fraction of sp³-hybridized carbons (Fsp3) is 0.211. The van der Waals surface area contributed by atoms with Gasteiger partial charge in [0.2, 0.25) is 11.8 Å². The molecule has 1 atom stereocenters. The molecule has 0 aromatic heterocycles. The molecule has 0 aliphatic carbocycles. The molecule has 2 aromatic carbocycles. The van der Waals surface area contributed by atoms with E-state index >= 15 is 0 Å². The average Bonchev–Trinajstić information content (AvgIpc) is 3.13. The predicted octanol–water partition coefficient (Wildman–Crippen LogP) is 2.07. The summed E-state index contributed by atoms with van der Waals surface area (Å²) in [5, 5.41) is 11.2. The molecule has 11 heteroatoms. The summed E-state index contributed by atoms with van der Waals surface area (Å²) in [6.07, 6.45) is -0.0893. The zero-order valence-electron chi connectivity index (χ0n) is 15.8. The lowest BCUT2D eigenvalue weighted by molar-refractivity contribution is -0.384. The largest absolute Gasteiger partial charge is 0.494 e. The number of non-ortho nitro benzene ring substituents is 1. The van der Waals surface area contributed by atoms with E-state index in [-0.39, 0.29) is 40.9 Å². The molecule has 30 heavy (non-hydrogen) atoms. The maximum absolute atomic E-state index is 12.4. The topological polar surface area (TPSA) is 131 Å². The minimum atomic E-state index is -0.732. The summed E-state index contributed by atoms with van der Waals surface area (Å²) in [7, 11) is 1.33. The van der Waals surface area contributed by atoms with Gasteiger partial charge in [-0.25, -0.2) is 0 Å². The third-order valence-corrected chi connectivity index (χ3v) is 4.91. The number of benzene rings is 2. The number of nitrogens with zero attached hydrogens (tertiary/aromatic N) is 2. The van der Waals surface area contributed by atoms with E-state index in [2.05, 4.69) is 10.9 Å². The van der Waals surface area contributed by atoms with Crippen molar-refractivity contribution >= 4 is 40.7 Å². The number of amides is 3. The van der Waals surface area contributed by atoms with Gasteiger partial charge in [-0.05, 0) is 18.2 Å². The van der Waals surface area contributed by atoms with Gasteiger partial charge in [0, 0.05) is 19.0 Å². The zero-order valence-corrected chi connectivity index (χ0v) is 16.5. The van der Waals surface area contributed by atoms with E-state index in [9.17, 15) is 24.5 Å². The molecule has 1 aliphatic heterocycles. The van der Waals surface area contributed by atoms with Crippen LogP contribution in [-0.2, 0) is 9.59 Å². The van der Waals surface area contributed by atoms with Gasteiger partial charge < -0.3 is 9.64 Å². The number of carbonyl (C=O) groups is 3. The molecule has 1 heterocycles. The molecule has 3 amide bonds. The molecular formula is C19H17ClN4O6. The number of nitro groups is 1. The first-order valence-corrected chi connectivity index (χ1v) is 9.17. The van der Waals surface area contributed by atoms with Crippen LogP contribution in [0.15, 0.2) is 42.5 Å². The number of rotatable bonds is 5. The van der Waals surface area contributed by atoms with Crippen LogP contribution in [0.1, 0.15) is 16.8 Å². The molecule has 0 radical (unpaired) electrons. The van der Waals surface area contributed by atoms with E-state index in [0.29, 0.717) is 5.69 Å². The van der Waals surface area contributed by atoms with E-state index in [1.165, 1.54) is 36.3 Å². The Kier molecular flexibility index (Phi) is 6.17. The second-order valence-corrected chi connectivity index (χ2v) is 6.85. The Balaban J connectivity index is 1.67. The van der Waals surface area contributed by atoms with Crippen molar-refractivity contribution in [1.82, 2.24) is 10.9 Å². The van der Waals surface area contributed by atoms with Crippen LogP contribution in [0.5, 0.6) is 5.75 Å². The number of nitrogens with one attached hydrogen (secondary N) is 2. The summed E-state index contributed by atoms with van der Waals surface area (Å²) in [6.45, 7) is 0.0286. The summed E-state index contributed by atoms with van der Waals surface area (Å²) in [5.74, 6) is -2.08. The first-order chi connectivity index (χ1) is 14.3. The highest BCUT2D eigenvalue weighted by Gasteiger charge is 2.36. The number of halogens is 1. The van der Waals surface area contributed by atoms with Crippen molar-refractivity contribution in [2.75, 3.05) is 18.6 Å². The maximum atomic E-state index is 12.4. The average molecular weight is 433 g/mol. The number of methoxy groups -OCH3 is 1. The Morgan fingerprint density at radius 3 is 2.63 bits per heavy atom. The molecule has 0 saturated carbocycles. The van der Waals surface area contributed by atoms with Crippen molar-refractivity contribution in [3.05, 3.63) is 63.2 Å². The van der Waals surface area contributed by atoms with Gasteiger partial charge >= 0.3 is 0 Å². The lowest BCUT2D eigenvalue weighted by Crippen LogP contribution is -2.45. The van der Waals surface area contributed by atoms with Gasteiger partial charge in [-0.15, -0.1) is 0 Å². The van der Waals surface area contributed by atoms with Crippen molar-refractivity contribution in [3.8, 4) is 5.75 Å². The number of anilines is 1. The third kappa shape index (κ3) is 4.33. The molecule has 10 nitrogen and oxygen atoms in total. The van der Waals surface area contributed by atoms with Crippen LogP contribution in [0.4, 0.5) is 11.4 Å². The second-order valence-electron chi connectivity index (χ2n) is 6.44. The molecular weight excluding hydrogens is 416 g/mol.